The number of rotatable bonds is 7. The van der Waals surface area contributed by atoms with Crippen molar-refractivity contribution in [2.24, 2.45) is 39.6 Å². The number of benzene rings is 2. The molecule has 412 valence electrons. The van der Waals surface area contributed by atoms with E-state index in [1.54, 1.807) is 32.9 Å². The third-order valence-electron chi connectivity index (χ3n) is 14.7. The van der Waals surface area contributed by atoms with Crippen molar-refractivity contribution >= 4 is 40.1 Å². The van der Waals surface area contributed by atoms with E-state index in [0.29, 0.717) is 43.7 Å². The van der Waals surface area contributed by atoms with Crippen LogP contribution >= 0.6 is 0 Å². The van der Waals surface area contributed by atoms with Gasteiger partial charge in [0.15, 0.2) is 11.4 Å². The highest BCUT2D eigenvalue weighted by Crippen LogP contribution is 2.51. The van der Waals surface area contributed by atoms with Crippen molar-refractivity contribution < 1.29 is 58.9 Å². The number of allylic oxidation sites excluding steroid dienone is 4. The first-order valence-electron chi connectivity index (χ1n) is 26.6. The maximum absolute atomic E-state index is 14.9. The largest absolute Gasteiger partial charge is 0.507 e. The number of nitrogens with one attached hydrogen (secondary N) is 1. The van der Waals surface area contributed by atoms with Gasteiger partial charge in [0, 0.05) is 88.0 Å². The van der Waals surface area contributed by atoms with Crippen molar-refractivity contribution in [3.63, 3.8) is 0 Å². The Hall–Kier alpha value is -5.20. The Bertz CT molecular complexity index is 2510. The second-order valence-corrected chi connectivity index (χ2v) is 21.1. The van der Waals surface area contributed by atoms with Gasteiger partial charge < -0.3 is 54.9 Å². The minimum Gasteiger partial charge on any atom is -0.507 e. The van der Waals surface area contributed by atoms with Gasteiger partial charge in [0.05, 0.1) is 29.3 Å². The predicted molar refractivity (Wildman–Crippen MR) is 287 cm³/mol. The monoisotopic (exact) mass is 1030 g/mol. The third-order valence-corrected chi connectivity index (χ3v) is 14.7. The average Bonchev–Trinajstić information content (AvgIpc) is 3.88. The van der Waals surface area contributed by atoms with Crippen LogP contribution in [0.25, 0.3) is 10.8 Å². The topological polar surface area (TPSA) is 240 Å². The van der Waals surface area contributed by atoms with Crippen LogP contribution in [0.5, 0.6) is 17.2 Å². The number of carbonyl (C=O) groups is 4. The number of carbonyl (C=O) groups excluding carboxylic acids is 4. The summed E-state index contributed by atoms with van der Waals surface area (Å²) in [5, 5.41) is 53.8. The van der Waals surface area contributed by atoms with E-state index in [1.165, 1.54) is 0 Å². The number of likely N-dealkylation sites (tertiary alicyclic amines) is 2. The smallest absolute Gasteiger partial charge is 0.317 e. The van der Waals surface area contributed by atoms with Crippen LogP contribution in [-0.4, -0.2) is 143 Å². The predicted octanol–water partition coefficient (Wildman–Crippen LogP) is 6.86. The van der Waals surface area contributed by atoms with Gasteiger partial charge in [0.2, 0.25) is 5.78 Å². The van der Waals surface area contributed by atoms with Crippen LogP contribution in [0.2, 0.25) is 0 Å². The van der Waals surface area contributed by atoms with E-state index in [2.05, 4.69) is 34.0 Å². The number of ether oxygens (including phenoxy) is 3. The molecule has 74 heavy (non-hydrogen) atoms. The van der Waals surface area contributed by atoms with Gasteiger partial charge in [-0.2, -0.15) is 0 Å². The zero-order valence-corrected chi connectivity index (χ0v) is 46.4. The standard InChI is InChI=1S/C53H73N5O10.C2H6.2CH4O/c1-30(2)27-58-23-20-53(21-24-58)55-43-40-41-47(62)35(7)49-42(40)50(64)52(8,68-49)19-12-10-11-18-37(67-39(60)26-38(59)66-29-36-17-14-22-57(9)28-36)34(6)46(61)33(5)25-31(3)15-13-16-32(4)51(65)54-45(48(41)63)44(43)56-53;3*1-2/h10,12-13,15-16,30-31,33-34,36-37,46,55,61-63H,11,14,17-29H2,1-9H3;1-2H3;2*2H,1H3/b12-10+,15-13+,32-16-,54-45?;;;/t31-,33+,34-,36?,37+,46+,52+;;;/m0.../s1. The summed E-state index contributed by atoms with van der Waals surface area (Å²) in [7, 11) is 4.04. The highest BCUT2D eigenvalue weighted by atomic mass is 16.6. The maximum atomic E-state index is 14.9. The molecule has 5 bridgehead atoms. The third kappa shape index (κ3) is 14.4. The van der Waals surface area contributed by atoms with Crippen LogP contribution in [0.15, 0.2) is 45.9 Å². The molecule has 6 aliphatic rings. The molecule has 6 aliphatic heterocycles. The quantitative estimate of drug-likeness (QED) is 0.0718. The number of phenols is 2. The van der Waals surface area contributed by atoms with E-state index >= 15 is 0 Å². The molecule has 0 aliphatic carbocycles. The lowest BCUT2D eigenvalue weighted by molar-refractivity contribution is -0.162. The molecule has 1 unspecified atom stereocenters. The molecule has 7 atom stereocenters. The van der Waals surface area contributed by atoms with Crippen LogP contribution in [0.3, 0.4) is 0 Å². The summed E-state index contributed by atoms with van der Waals surface area (Å²) >= 11 is 0. The van der Waals surface area contributed by atoms with E-state index < -0.39 is 59.4 Å². The molecular formula is C57H87N5O12. The Labute approximate surface area is 438 Å². The number of amides is 1. The lowest BCUT2D eigenvalue weighted by Gasteiger charge is -2.38. The molecule has 17 heteroatoms. The Morgan fingerprint density at radius 1 is 0.946 bits per heavy atom. The number of hydrogen-bond acceptors (Lipinski definition) is 16. The number of fused-ring (bicyclic) bond motifs is 13. The summed E-state index contributed by atoms with van der Waals surface area (Å²) < 4.78 is 18.0. The van der Waals surface area contributed by atoms with Gasteiger partial charge >= 0.3 is 11.9 Å². The number of aliphatic hydroxyl groups excluding tert-OH is 3. The molecule has 8 rings (SSSR count). The molecule has 0 radical (unpaired) electrons. The summed E-state index contributed by atoms with van der Waals surface area (Å²) in [6.45, 7) is 23.6. The van der Waals surface area contributed by atoms with Crippen LogP contribution < -0.4 is 20.8 Å². The maximum Gasteiger partial charge on any atom is 0.317 e. The fourth-order valence-corrected chi connectivity index (χ4v) is 10.8. The number of aromatic hydroxyl groups is 2. The lowest BCUT2D eigenvalue weighted by atomic mass is 9.83. The Morgan fingerprint density at radius 3 is 2.27 bits per heavy atom. The molecule has 0 saturated carbocycles. The summed E-state index contributed by atoms with van der Waals surface area (Å²) in [4.78, 5) is 69.2. The van der Waals surface area contributed by atoms with E-state index in [-0.39, 0.29) is 86.3 Å². The molecule has 2 aromatic rings. The number of piperidine rings is 2. The van der Waals surface area contributed by atoms with E-state index in [9.17, 15) is 34.5 Å². The normalized spacial score (nSPS) is 27.8. The fourth-order valence-electron chi connectivity index (χ4n) is 10.8. The van der Waals surface area contributed by atoms with Crippen LogP contribution in [0, 0.1) is 36.5 Å². The van der Waals surface area contributed by atoms with Gasteiger partial charge in [0.1, 0.15) is 40.4 Å². The summed E-state index contributed by atoms with van der Waals surface area (Å²) in [6.07, 6.45) is 11.6. The lowest BCUT2D eigenvalue weighted by Crippen LogP contribution is -2.47. The molecule has 2 fully saturated rings. The van der Waals surface area contributed by atoms with Gasteiger partial charge in [-0.3, -0.25) is 24.2 Å². The average molecular weight is 1030 g/mol. The fraction of sp³-hybridized carbons (Fsp3) is 0.649. The highest BCUT2D eigenvalue weighted by molar-refractivity contribution is 6.22. The Morgan fingerprint density at radius 2 is 1.62 bits per heavy atom. The highest BCUT2D eigenvalue weighted by Gasteiger charge is 2.48. The van der Waals surface area contributed by atoms with E-state index in [1.807, 2.05) is 59.9 Å². The van der Waals surface area contributed by atoms with Gasteiger partial charge in [-0.15, -0.1) is 0 Å². The Kier molecular flexibility index (Phi) is 22.8. The first-order valence-corrected chi connectivity index (χ1v) is 26.6. The molecule has 6 N–H and O–H groups in total. The second kappa shape index (κ2) is 27.5. The molecule has 1 spiro atoms. The number of esters is 2. The zero-order chi connectivity index (χ0) is 55.2. The number of nitrogens with zero attached hydrogens (tertiary/aromatic N) is 4. The SMILES string of the molecule is C/C1=C/C=C/[C@H](C)C[C@@H](C)[C@@H](O)[C@@H](C)[C@H](OC(=O)CC(=O)OCC2CCCN(C)C2)CC/C=C/C[C@@]2(C)Oc3c(C)c(O)c4c(O)c(c5c(c4c3C2=O)NC2(CCN(CC(C)C)CC2)N=5)=NC1=O.CC.CO.CO. The minimum absolute atomic E-state index is 0.0126. The van der Waals surface area contributed by atoms with Crippen molar-refractivity contribution in [3.05, 3.63) is 57.8 Å². The molecule has 17 nitrogen and oxygen atoms in total. The van der Waals surface area contributed by atoms with Crippen LogP contribution in [-0.2, 0) is 23.9 Å². The summed E-state index contributed by atoms with van der Waals surface area (Å²) in [6, 6.07) is 0. The van der Waals surface area contributed by atoms with Crippen molar-refractivity contribution in [2.75, 3.05) is 65.9 Å². The van der Waals surface area contributed by atoms with E-state index in [4.69, 9.17) is 29.4 Å². The molecule has 1 amide bonds. The van der Waals surface area contributed by atoms with Crippen molar-refractivity contribution in [3.8, 4) is 17.2 Å². The number of anilines is 1. The van der Waals surface area contributed by atoms with Crippen molar-refractivity contribution in [1.82, 2.24) is 9.80 Å². The van der Waals surface area contributed by atoms with Gasteiger partial charge in [-0.1, -0.05) is 78.8 Å². The summed E-state index contributed by atoms with van der Waals surface area (Å²) in [5.74, 6) is -2.92. The summed E-state index contributed by atoms with van der Waals surface area (Å²) in [5.41, 5.74) is -1.05. The zero-order valence-electron chi connectivity index (χ0n) is 46.4. The van der Waals surface area contributed by atoms with E-state index in [0.717, 1.165) is 59.8 Å². The van der Waals surface area contributed by atoms with Gasteiger partial charge in [-0.05, 0) is 84.2 Å². The number of ketones is 1. The molecular weight excluding hydrogens is 947 g/mol. The minimum atomic E-state index is -1.40. The van der Waals surface area contributed by atoms with Crippen molar-refractivity contribution in [1.29, 1.82) is 0 Å². The first-order chi connectivity index (χ1) is 35.2. The van der Waals surface area contributed by atoms with Gasteiger partial charge in [0.25, 0.3) is 5.91 Å². The van der Waals surface area contributed by atoms with Gasteiger partial charge in [-0.25, -0.2) is 4.99 Å². The van der Waals surface area contributed by atoms with Crippen LogP contribution in [0.4, 0.5) is 5.69 Å². The Balaban J connectivity index is 0.00000191. The number of aliphatic hydroxyl groups is 3. The second-order valence-electron chi connectivity index (χ2n) is 21.1. The molecule has 2 aromatic carbocycles. The van der Waals surface area contributed by atoms with Crippen molar-refractivity contribution in [2.45, 2.75) is 150 Å². The number of Topliss-reactive ketones (excluding diaryl/α,β-unsaturated/α-hetero) is 1. The molecule has 2 saturated heterocycles. The number of phenolic OH excluding ortho intramolecular Hbond substituents is 2. The molecule has 0 aromatic heterocycles. The molecule has 6 heterocycles. The van der Waals surface area contributed by atoms with Crippen LogP contribution in [0.1, 0.15) is 136 Å². The first kappa shape index (κ1) is 61.3. The number of hydrogen-bond donors (Lipinski definition) is 6.